The van der Waals surface area contributed by atoms with Gasteiger partial charge in [-0.2, -0.15) is 0 Å². The highest BCUT2D eigenvalue weighted by Crippen LogP contribution is 2.76. The van der Waals surface area contributed by atoms with Gasteiger partial charge in [-0.1, -0.05) is 66.2 Å². The van der Waals surface area contributed by atoms with Gasteiger partial charge in [-0.05, 0) is 98.2 Å². The molecule has 21 heteroatoms. The maximum Gasteiger partial charge on any atom is 0.335 e. The van der Waals surface area contributed by atoms with Crippen LogP contribution >= 0.6 is 0 Å². The first kappa shape index (κ1) is 57.5. The smallest absolute Gasteiger partial charge is 0.335 e. The van der Waals surface area contributed by atoms with E-state index in [1.54, 1.807) is 19.9 Å². The van der Waals surface area contributed by atoms with Gasteiger partial charge in [0.05, 0.1) is 37.4 Å². The predicted octanol–water partition coefficient (Wildman–Crippen LogP) is 0.985. The highest BCUT2D eigenvalue weighted by Gasteiger charge is 2.74. The van der Waals surface area contributed by atoms with Crippen molar-refractivity contribution in [3.63, 3.8) is 0 Å². The van der Waals surface area contributed by atoms with Gasteiger partial charge in [0.2, 0.25) is 0 Å². The number of rotatable bonds is 11. The number of carbonyl (C=O) groups is 3. The lowest BCUT2D eigenvalue weighted by atomic mass is 9.33. The van der Waals surface area contributed by atoms with E-state index in [0.29, 0.717) is 37.7 Å². The molecule has 0 aromatic carbocycles. The van der Waals surface area contributed by atoms with Crippen LogP contribution in [0, 0.1) is 50.2 Å². The normalized spacial score (nSPS) is 49.9. The molecule has 0 unspecified atom stereocenters. The summed E-state index contributed by atoms with van der Waals surface area (Å²) in [6.07, 6.45) is -18.9. The Labute approximate surface area is 432 Å². The molecule has 8 aliphatic rings. The summed E-state index contributed by atoms with van der Waals surface area (Å²) in [5.74, 6) is -3.18. The first-order valence-corrected chi connectivity index (χ1v) is 26.3. The molecular formula is C53H82O21. The number of aliphatic carboxylic acids is 1. The van der Waals surface area contributed by atoms with E-state index in [4.69, 9.17) is 37.9 Å². The van der Waals surface area contributed by atoms with E-state index in [-0.39, 0.29) is 23.7 Å². The maximum atomic E-state index is 13.4. The predicted molar refractivity (Wildman–Crippen MR) is 256 cm³/mol. The summed E-state index contributed by atoms with van der Waals surface area (Å²) in [4.78, 5) is 39.3. The van der Waals surface area contributed by atoms with E-state index in [0.717, 1.165) is 12.0 Å². The Morgan fingerprint density at radius 1 is 0.716 bits per heavy atom. The number of esters is 2. The molecule has 420 valence electrons. The molecule has 3 heterocycles. The highest BCUT2D eigenvalue weighted by atomic mass is 16.8. The molecule has 0 spiro atoms. The molecular weight excluding hydrogens is 973 g/mol. The number of aliphatic hydroxyl groups excluding tert-OH is 9. The van der Waals surface area contributed by atoms with Crippen molar-refractivity contribution in [1.82, 2.24) is 0 Å². The molecule has 0 aromatic heterocycles. The van der Waals surface area contributed by atoms with Crippen molar-refractivity contribution in [3.8, 4) is 0 Å². The largest absolute Gasteiger partial charge is 0.479 e. The average Bonchev–Trinajstić information content (AvgIpc) is 3.32. The average molecular weight is 1060 g/mol. The Morgan fingerprint density at radius 2 is 1.31 bits per heavy atom. The van der Waals surface area contributed by atoms with Crippen LogP contribution in [0.15, 0.2) is 23.3 Å². The van der Waals surface area contributed by atoms with Crippen LogP contribution in [-0.4, -0.2) is 193 Å². The van der Waals surface area contributed by atoms with E-state index in [1.807, 2.05) is 13.8 Å². The maximum absolute atomic E-state index is 13.4. The van der Waals surface area contributed by atoms with Crippen molar-refractivity contribution in [1.29, 1.82) is 0 Å². The topological polar surface area (TPSA) is 327 Å². The molecule has 0 bridgehead atoms. The third kappa shape index (κ3) is 9.11. The fourth-order valence-electron chi connectivity index (χ4n) is 15.7. The molecule has 5 aliphatic carbocycles. The molecule has 10 N–H and O–H groups in total. The van der Waals surface area contributed by atoms with Crippen molar-refractivity contribution in [3.05, 3.63) is 23.3 Å². The number of hydrogen-bond acceptors (Lipinski definition) is 20. The summed E-state index contributed by atoms with van der Waals surface area (Å²) in [7, 11) is 0. The van der Waals surface area contributed by atoms with Crippen LogP contribution in [0.25, 0.3) is 0 Å². The number of carbonyl (C=O) groups excluding carboxylic acids is 2. The van der Waals surface area contributed by atoms with Crippen molar-refractivity contribution in [2.24, 2.45) is 50.2 Å². The van der Waals surface area contributed by atoms with Crippen LogP contribution in [0.4, 0.5) is 0 Å². The second-order valence-corrected chi connectivity index (χ2v) is 24.8. The second-order valence-electron chi connectivity index (χ2n) is 24.8. The zero-order valence-corrected chi connectivity index (χ0v) is 44.2. The molecule has 0 amide bonds. The molecule has 24 atom stereocenters. The minimum absolute atomic E-state index is 0.0143. The standard InChI is InChI=1S/C53H82O21/c1-11-23(2)44(66)74-41-42(69-24(3)55)53(22-54)26(18-48(41,4)5)25-12-13-30-50(8)16-15-32(49(6,7)29(50)14-17-51(30,9)52(25,10)19-31(53)58)70-47-39(72-46-36(62)34(60)28(57)21-68-46)37(63)38(40(73-47)43(64)65)71-45-35(61)33(59)27(56)20-67-45/h11-12,26-42,45-47,54,56-63H,13-22H2,1-10H3,(H,64,65)/b23-11+/t26-,27+,28+,29-,30+,31+,32-,33-,34-,35+,36+,37-,38-,39+,40-,41-,42-,45-,46-,47+,50-,51+,52+,53-/m0/s1. The Bertz CT molecular complexity index is 2170. The Kier molecular flexibility index (Phi) is 15.9. The number of fused-ring (bicyclic) bond motifs is 7. The first-order chi connectivity index (χ1) is 34.5. The summed E-state index contributed by atoms with van der Waals surface area (Å²) in [6, 6.07) is 0. The van der Waals surface area contributed by atoms with E-state index in [1.165, 1.54) is 6.92 Å². The minimum atomic E-state index is -1.98. The number of aliphatic hydroxyl groups is 9. The zero-order valence-electron chi connectivity index (χ0n) is 44.2. The number of carboxylic acids is 1. The Balaban J connectivity index is 1.09. The third-order valence-corrected chi connectivity index (χ3v) is 20.1. The van der Waals surface area contributed by atoms with Gasteiger partial charge in [0, 0.05) is 17.9 Å². The summed E-state index contributed by atoms with van der Waals surface area (Å²) < 4.78 is 48.1. The Hall–Kier alpha value is -2.71. The highest BCUT2D eigenvalue weighted by molar-refractivity contribution is 5.87. The number of carboxylic acid groups (broad SMARTS) is 1. The number of allylic oxidation sites excluding steroid dienone is 3. The fourth-order valence-corrected chi connectivity index (χ4v) is 15.7. The lowest BCUT2D eigenvalue weighted by Gasteiger charge is -2.72. The molecule has 74 heavy (non-hydrogen) atoms. The van der Waals surface area contributed by atoms with E-state index >= 15 is 0 Å². The van der Waals surface area contributed by atoms with E-state index < -0.39 is 175 Å². The van der Waals surface area contributed by atoms with Gasteiger partial charge in [-0.3, -0.25) is 4.79 Å². The van der Waals surface area contributed by atoms with Gasteiger partial charge in [-0.25, -0.2) is 9.59 Å². The molecule has 0 aromatic rings. The summed E-state index contributed by atoms with van der Waals surface area (Å²) in [6.45, 7) is 18.1. The van der Waals surface area contributed by atoms with Gasteiger partial charge in [-0.15, -0.1) is 0 Å². The molecule has 8 rings (SSSR count). The van der Waals surface area contributed by atoms with Crippen LogP contribution in [-0.2, 0) is 52.3 Å². The van der Waals surface area contributed by atoms with Crippen LogP contribution in [0.5, 0.6) is 0 Å². The van der Waals surface area contributed by atoms with Crippen molar-refractivity contribution >= 4 is 17.9 Å². The van der Waals surface area contributed by atoms with Crippen molar-refractivity contribution in [2.75, 3.05) is 19.8 Å². The summed E-state index contributed by atoms with van der Waals surface area (Å²) in [5, 5.41) is 110. The lowest BCUT2D eigenvalue weighted by Crippen LogP contribution is -2.72. The van der Waals surface area contributed by atoms with Gasteiger partial charge in [0.25, 0.3) is 0 Å². The number of ether oxygens (including phenoxy) is 8. The van der Waals surface area contributed by atoms with Crippen LogP contribution in [0.2, 0.25) is 0 Å². The first-order valence-electron chi connectivity index (χ1n) is 26.3. The van der Waals surface area contributed by atoms with Crippen LogP contribution in [0.3, 0.4) is 0 Å². The summed E-state index contributed by atoms with van der Waals surface area (Å²) in [5.41, 5.74) is -2.68. The zero-order chi connectivity index (χ0) is 54.6. The SMILES string of the molecule is C/C=C(\C)C(=O)O[C@H]1[C@H](OC(C)=O)[C@]2(CO)[C@H](O)C[C@]3(C)C(=CC[C@@H]4[C@@]5(C)CC[C@H](O[C@@H]6O[C@H](C(=O)O)[C@@H](O[C@@H]7OC[C@@H](O)[C@H](O)[C@H]7O)[C@H](O)[C@H]6O[C@@H]6OC[C@@H](O)[C@H](O)[C@H]6O)C(C)(C)[C@@H]5CC[C@]43C)[C@@H]2CC1(C)C. The quantitative estimate of drug-likeness (QED) is 0.0597. The van der Waals surface area contributed by atoms with Gasteiger partial charge < -0.3 is 89.0 Å². The molecule has 4 saturated carbocycles. The molecule has 7 fully saturated rings. The van der Waals surface area contributed by atoms with Crippen LogP contribution in [0.1, 0.15) is 114 Å². The van der Waals surface area contributed by atoms with Gasteiger partial charge >= 0.3 is 17.9 Å². The lowest BCUT2D eigenvalue weighted by molar-refractivity contribution is -0.382. The van der Waals surface area contributed by atoms with Crippen molar-refractivity contribution < 1.29 is 103 Å². The van der Waals surface area contributed by atoms with Crippen molar-refractivity contribution in [2.45, 2.75) is 219 Å². The minimum Gasteiger partial charge on any atom is -0.479 e. The third-order valence-electron chi connectivity index (χ3n) is 20.1. The molecule has 21 nitrogen and oxygen atoms in total. The summed E-state index contributed by atoms with van der Waals surface area (Å²) >= 11 is 0. The monoisotopic (exact) mass is 1050 g/mol. The molecule has 3 aliphatic heterocycles. The fraction of sp³-hybridized carbons (Fsp3) is 0.868. The van der Waals surface area contributed by atoms with E-state index in [9.17, 15) is 65.4 Å². The van der Waals surface area contributed by atoms with Gasteiger partial charge in [0.15, 0.2) is 25.0 Å². The number of hydrogen-bond donors (Lipinski definition) is 10. The van der Waals surface area contributed by atoms with Crippen LogP contribution < -0.4 is 0 Å². The van der Waals surface area contributed by atoms with Gasteiger partial charge in [0.1, 0.15) is 67.1 Å². The Morgan fingerprint density at radius 3 is 1.86 bits per heavy atom. The molecule has 3 saturated heterocycles. The molecule has 0 radical (unpaired) electrons. The van der Waals surface area contributed by atoms with E-state index in [2.05, 4.69) is 40.7 Å². The second kappa shape index (κ2) is 20.5.